The summed E-state index contributed by atoms with van der Waals surface area (Å²) < 4.78 is 11.0. The normalized spacial score (nSPS) is 14.6. The minimum Gasteiger partial charge on any atom is -0.486 e. The van der Waals surface area contributed by atoms with E-state index in [1.165, 1.54) is 17.0 Å². The van der Waals surface area contributed by atoms with Gasteiger partial charge in [-0.1, -0.05) is 0 Å². The van der Waals surface area contributed by atoms with E-state index in [-0.39, 0.29) is 30.2 Å². The van der Waals surface area contributed by atoms with Gasteiger partial charge in [0.15, 0.2) is 11.5 Å². The molecule has 1 saturated heterocycles. The van der Waals surface area contributed by atoms with Crippen molar-refractivity contribution in [3.8, 4) is 11.5 Å². The first-order valence-electron chi connectivity index (χ1n) is 11.0. The summed E-state index contributed by atoms with van der Waals surface area (Å²) in [6, 6.07) is 9.44. The first-order valence-corrected chi connectivity index (χ1v) is 11.0. The molecule has 2 aliphatic heterocycles. The van der Waals surface area contributed by atoms with Crippen LogP contribution in [0.15, 0.2) is 36.4 Å². The van der Waals surface area contributed by atoms with Gasteiger partial charge in [-0.05, 0) is 38.0 Å². The smallest absolute Gasteiger partial charge is 0.270 e. The van der Waals surface area contributed by atoms with Gasteiger partial charge in [-0.3, -0.25) is 19.7 Å². The molecule has 0 bridgehead atoms. The average molecular weight is 454 g/mol. The van der Waals surface area contributed by atoms with Gasteiger partial charge in [0.05, 0.1) is 16.2 Å². The maximum Gasteiger partial charge on any atom is 0.270 e. The Morgan fingerprint density at radius 2 is 1.82 bits per heavy atom. The number of anilines is 2. The number of likely N-dealkylation sites (N-methyl/N-ethyl adjacent to an activating group) is 1. The van der Waals surface area contributed by atoms with Crippen molar-refractivity contribution in [1.29, 1.82) is 0 Å². The SMILES string of the molecule is CCN(CC(=O)Nc1ccc2c(c1)OCCO2)C(=O)c1cc([N+](=O)[O-])ccc1N1CCCC1. The largest absolute Gasteiger partial charge is 0.486 e. The molecule has 2 aliphatic rings. The van der Waals surface area contributed by atoms with Gasteiger partial charge in [-0.2, -0.15) is 0 Å². The summed E-state index contributed by atoms with van der Waals surface area (Å²) in [4.78, 5) is 40.3. The van der Waals surface area contributed by atoms with Crippen LogP contribution in [0.4, 0.5) is 17.1 Å². The van der Waals surface area contributed by atoms with E-state index in [4.69, 9.17) is 9.47 Å². The molecule has 2 amide bonds. The lowest BCUT2D eigenvalue weighted by Gasteiger charge is -2.25. The van der Waals surface area contributed by atoms with Crippen LogP contribution in [0.2, 0.25) is 0 Å². The monoisotopic (exact) mass is 454 g/mol. The van der Waals surface area contributed by atoms with Crippen LogP contribution in [0.25, 0.3) is 0 Å². The molecule has 2 heterocycles. The molecule has 33 heavy (non-hydrogen) atoms. The van der Waals surface area contributed by atoms with E-state index < -0.39 is 10.8 Å². The molecule has 174 valence electrons. The van der Waals surface area contributed by atoms with E-state index in [9.17, 15) is 19.7 Å². The Morgan fingerprint density at radius 3 is 2.52 bits per heavy atom. The number of carbonyl (C=O) groups is 2. The number of nitrogens with one attached hydrogen (secondary N) is 1. The molecule has 0 spiro atoms. The van der Waals surface area contributed by atoms with Crippen molar-refractivity contribution in [2.75, 3.05) is 49.6 Å². The lowest BCUT2D eigenvalue weighted by atomic mass is 10.1. The van der Waals surface area contributed by atoms with Crippen molar-refractivity contribution in [3.63, 3.8) is 0 Å². The predicted molar refractivity (Wildman–Crippen MR) is 122 cm³/mol. The zero-order chi connectivity index (χ0) is 23.4. The van der Waals surface area contributed by atoms with Gasteiger partial charge in [0.1, 0.15) is 19.8 Å². The highest BCUT2D eigenvalue weighted by Crippen LogP contribution is 2.33. The van der Waals surface area contributed by atoms with Crippen molar-refractivity contribution in [1.82, 2.24) is 4.90 Å². The van der Waals surface area contributed by atoms with Crippen LogP contribution >= 0.6 is 0 Å². The highest BCUT2D eigenvalue weighted by atomic mass is 16.6. The third-order valence-electron chi connectivity index (χ3n) is 5.70. The zero-order valence-corrected chi connectivity index (χ0v) is 18.4. The second kappa shape index (κ2) is 9.76. The first-order chi connectivity index (χ1) is 16.0. The van der Waals surface area contributed by atoms with Gasteiger partial charge < -0.3 is 24.6 Å². The van der Waals surface area contributed by atoms with Crippen molar-refractivity contribution in [2.24, 2.45) is 0 Å². The van der Waals surface area contributed by atoms with E-state index in [1.54, 1.807) is 31.2 Å². The first kappa shape index (κ1) is 22.4. The predicted octanol–water partition coefficient (Wildman–Crippen LogP) is 3.07. The second-order valence-electron chi connectivity index (χ2n) is 7.88. The maximum absolute atomic E-state index is 13.4. The molecule has 1 N–H and O–H groups in total. The van der Waals surface area contributed by atoms with Crippen LogP contribution in [0.5, 0.6) is 11.5 Å². The summed E-state index contributed by atoms with van der Waals surface area (Å²) in [5.74, 6) is 0.370. The quantitative estimate of drug-likeness (QED) is 0.505. The van der Waals surface area contributed by atoms with Crippen LogP contribution < -0.4 is 19.7 Å². The summed E-state index contributed by atoms with van der Waals surface area (Å²) in [6.07, 6.45) is 2.00. The summed E-state index contributed by atoms with van der Waals surface area (Å²) in [6.45, 7) is 4.33. The van der Waals surface area contributed by atoms with Crippen molar-refractivity contribution < 1.29 is 24.0 Å². The van der Waals surface area contributed by atoms with E-state index in [0.717, 1.165) is 25.9 Å². The standard InChI is InChI=1S/C23H26N4O6/c1-2-25(15-22(28)24-16-5-8-20-21(13-16)33-12-11-32-20)23(29)18-14-17(27(30)31)6-7-19(18)26-9-3-4-10-26/h5-8,13-14H,2-4,9-12,15H2,1H3,(H,24,28). The lowest BCUT2D eigenvalue weighted by Crippen LogP contribution is -2.38. The van der Waals surface area contributed by atoms with E-state index in [1.807, 2.05) is 0 Å². The molecule has 0 radical (unpaired) electrons. The summed E-state index contributed by atoms with van der Waals surface area (Å²) in [5.41, 5.74) is 1.27. The minimum absolute atomic E-state index is 0.155. The number of carbonyl (C=O) groups excluding carboxylic acids is 2. The number of nitro benzene ring substituents is 1. The van der Waals surface area contributed by atoms with Crippen LogP contribution in [0.3, 0.4) is 0 Å². The Kier molecular flexibility index (Phi) is 6.62. The molecule has 1 fully saturated rings. The van der Waals surface area contributed by atoms with E-state index in [2.05, 4.69) is 10.2 Å². The van der Waals surface area contributed by atoms with Crippen molar-refractivity contribution in [3.05, 3.63) is 52.1 Å². The molecule has 4 rings (SSSR count). The molecular weight excluding hydrogens is 428 g/mol. The van der Waals surface area contributed by atoms with Gasteiger partial charge in [-0.15, -0.1) is 0 Å². The van der Waals surface area contributed by atoms with Gasteiger partial charge in [0, 0.05) is 43.5 Å². The molecule has 0 saturated carbocycles. The molecule has 0 aliphatic carbocycles. The molecule has 0 aromatic heterocycles. The zero-order valence-electron chi connectivity index (χ0n) is 18.4. The van der Waals surface area contributed by atoms with Crippen LogP contribution in [-0.4, -0.2) is 61.0 Å². The summed E-state index contributed by atoms with van der Waals surface area (Å²) in [7, 11) is 0. The number of benzene rings is 2. The number of rotatable bonds is 7. The van der Waals surface area contributed by atoms with Gasteiger partial charge in [-0.25, -0.2) is 0 Å². The van der Waals surface area contributed by atoms with Crippen LogP contribution in [0.1, 0.15) is 30.1 Å². The summed E-state index contributed by atoms with van der Waals surface area (Å²) in [5, 5.41) is 14.1. The Hall–Kier alpha value is -3.82. The summed E-state index contributed by atoms with van der Waals surface area (Å²) >= 11 is 0. The van der Waals surface area contributed by atoms with Gasteiger partial charge in [0.25, 0.3) is 11.6 Å². The average Bonchev–Trinajstić information content (AvgIpc) is 3.36. The maximum atomic E-state index is 13.4. The Morgan fingerprint density at radius 1 is 1.09 bits per heavy atom. The Labute approximate surface area is 191 Å². The molecule has 0 atom stereocenters. The molecule has 0 unspecified atom stereocenters. The Bertz CT molecular complexity index is 1070. The molecular formula is C23H26N4O6. The van der Waals surface area contributed by atoms with Crippen molar-refractivity contribution in [2.45, 2.75) is 19.8 Å². The topological polar surface area (TPSA) is 114 Å². The van der Waals surface area contributed by atoms with Crippen LogP contribution in [0, 0.1) is 10.1 Å². The molecule has 10 heteroatoms. The number of non-ortho nitro benzene ring substituents is 1. The number of hydrogen-bond donors (Lipinski definition) is 1. The van der Waals surface area contributed by atoms with Gasteiger partial charge >= 0.3 is 0 Å². The number of nitro groups is 1. The molecule has 2 aromatic carbocycles. The number of ether oxygens (including phenoxy) is 2. The Balaban J connectivity index is 1.51. The molecule has 2 aromatic rings. The second-order valence-corrected chi connectivity index (χ2v) is 7.88. The van der Waals surface area contributed by atoms with Gasteiger partial charge in [0.2, 0.25) is 5.91 Å². The number of fused-ring (bicyclic) bond motifs is 1. The fourth-order valence-electron chi connectivity index (χ4n) is 4.04. The highest BCUT2D eigenvalue weighted by molar-refractivity contribution is 6.03. The number of hydrogen-bond acceptors (Lipinski definition) is 7. The molecule has 10 nitrogen and oxygen atoms in total. The van der Waals surface area contributed by atoms with E-state index >= 15 is 0 Å². The minimum atomic E-state index is -0.518. The third-order valence-corrected chi connectivity index (χ3v) is 5.70. The highest BCUT2D eigenvalue weighted by Gasteiger charge is 2.26. The van der Waals surface area contributed by atoms with Crippen LogP contribution in [-0.2, 0) is 4.79 Å². The lowest BCUT2D eigenvalue weighted by molar-refractivity contribution is -0.384. The fraction of sp³-hybridized carbons (Fsp3) is 0.391. The van der Waals surface area contributed by atoms with E-state index in [0.29, 0.717) is 36.1 Å². The fourth-order valence-corrected chi connectivity index (χ4v) is 4.04. The number of amides is 2. The third kappa shape index (κ3) is 5.00. The van der Waals surface area contributed by atoms with Crippen molar-refractivity contribution >= 4 is 28.9 Å². The number of nitrogens with zero attached hydrogens (tertiary/aromatic N) is 3.